The zero-order valence-electron chi connectivity index (χ0n) is 15.6. The van der Waals surface area contributed by atoms with Gasteiger partial charge in [-0.1, -0.05) is 26.0 Å². The topological polar surface area (TPSA) is 52.6 Å². The van der Waals surface area contributed by atoms with Crippen LogP contribution in [0.2, 0.25) is 0 Å². The van der Waals surface area contributed by atoms with E-state index >= 15 is 0 Å². The first kappa shape index (κ1) is 18.3. The van der Waals surface area contributed by atoms with Gasteiger partial charge in [-0.2, -0.15) is 0 Å². The Bertz CT molecular complexity index is 602. The van der Waals surface area contributed by atoms with Crippen LogP contribution in [0, 0.1) is 0 Å². The van der Waals surface area contributed by atoms with Gasteiger partial charge in [0.25, 0.3) is 0 Å². The van der Waals surface area contributed by atoms with Crippen LogP contribution in [0.1, 0.15) is 53.0 Å². The van der Waals surface area contributed by atoms with Crippen LogP contribution in [-0.4, -0.2) is 41.5 Å². The van der Waals surface area contributed by atoms with Crippen molar-refractivity contribution in [1.29, 1.82) is 0 Å². The molecule has 0 spiro atoms. The van der Waals surface area contributed by atoms with Crippen LogP contribution in [0.15, 0.2) is 24.3 Å². The molecule has 3 amide bonds. The van der Waals surface area contributed by atoms with E-state index in [9.17, 15) is 9.59 Å². The lowest BCUT2D eigenvalue weighted by Crippen LogP contribution is -2.61. The van der Waals surface area contributed by atoms with Gasteiger partial charge in [-0.15, -0.1) is 0 Å². The van der Waals surface area contributed by atoms with Crippen molar-refractivity contribution in [1.82, 2.24) is 10.2 Å². The second-order valence-corrected chi connectivity index (χ2v) is 7.79. The smallest absolute Gasteiger partial charge is 0.318 e. The number of piperazine rings is 1. The van der Waals surface area contributed by atoms with Gasteiger partial charge in [0.1, 0.15) is 6.04 Å². The van der Waals surface area contributed by atoms with Crippen LogP contribution in [0.4, 0.5) is 10.5 Å². The summed E-state index contributed by atoms with van der Waals surface area (Å²) >= 11 is 0. The summed E-state index contributed by atoms with van der Waals surface area (Å²) in [6, 6.07) is 7.46. The summed E-state index contributed by atoms with van der Waals surface area (Å²) in [6.07, 6.45) is 0. The highest BCUT2D eigenvalue weighted by molar-refractivity contribution is 6.00. The average Bonchev–Trinajstić information content (AvgIpc) is 2.48. The molecule has 0 aromatic heterocycles. The molecular formula is C19H29N3O2. The minimum atomic E-state index is -0.467. The van der Waals surface area contributed by atoms with E-state index < -0.39 is 6.04 Å². The van der Waals surface area contributed by atoms with Crippen molar-refractivity contribution in [3.05, 3.63) is 29.8 Å². The molecule has 1 heterocycles. The van der Waals surface area contributed by atoms with Crippen molar-refractivity contribution in [2.75, 3.05) is 18.0 Å². The Kier molecular flexibility index (Phi) is 5.21. The van der Waals surface area contributed by atoms with Gasteiger partial charge >= 0.3 is 6.03 Å². The second kappa shape index (κ2) is 6.83. The Morgan fingerprint density at radius 2 is 1.75 bits per heavy atom. The summed E-state index contributed by atoms with van der Waals surface area (Å²) in [6.45, 7) is 12.9. The number of urea groups is 1. The fourth-order valence-corrected chi connectivity index (χ4v) is 2.84. The zero-order valence-corrected chi connectivity index (χ0v) is 15.6. The largest absolute Gasteiger partial charge is 0.333 e. The van der Waals surface area contributed by atoms with Crippen molar-refractivity contribution in [2.24, 2.45) is 0 Å². The Labute approximate surface area is 145 Å². The fourth-order valence-electron chi connectivity index (χ4n) is 2.84. The maximum atomic E-state index is 12.7. The minimum Gasteiger partial charge on any atom is -0.333 e. The third kappa shape index (κ3) is 4.08. The zero-order chi connectivity index (χ0) is 18.1. The third-order valence-corrected chi connectivity index (χ3v) is 4.27. The van der Waals surface area contributed by atoms with Crippen molar-refractivity contribution in [2.45, 2.75) is 59.0 Å². The summed E-state index contributed by atoms with van der Waals surface area (Å²) in [4.78, 5) is 28.5. The van der Waals surface area contributed by atoms with Gasteiger partial charge in [-0.05, 0) is 51.3 Å². The molecule has 5 nitrogen and oxygen atoms in total. The SMILES string of the molecule is CC(C)c1ccc(N2CCN(C(=O)NC(C)(C)C)[C@H](C)C2=O)cc1. The standard InChI is InChI=1S/C19H29N3O2/c1-13(2)15-7-9-16(10-8-15)22-12-11-21(14(3)17(22)23)18(24)20-19(4,5)6/h7-10,13-14H,11-12H2,1-6H3,(H,20,24)/t14-/m1/s1. The summed E-state index contributed by atoms with van der Waals surface area (Å²) in [7, 11) is 0. The molecule has 1 saturated heterocycles. The van der Waals surface area contributed by atoms with Crippen molar-refractivity contribution in [3.8, 4) is 0 Å². The lowest BCUT2D eigenvalue weighted by molar-refractivity contribution is -0.124. The van der Waals surface area contributed by atoms with Gasteiger partial charge < -0.3 is 15.1 Å². The van der Waals surface area contributed by atoms with Gasteiger partial charge in [0, 0.05) is 24.3 Å². The molecule has 24 heavy (non-hydrogen) atoms. The van der Waals surface area contributed by atoms with E-state index in [1.165, 1.54) is 5.56 Å². The van der Waals surface area contributed by atoms with Crippen molar-refractivity contribution >= 4 is 17.6 Å². The lowest BCUT2D eigenvalue weighted by atomic mass is 10.0. The molecule has 1 aliphatic rings. The number of benzene rings is 1. The quantitative estimate of drug-likeness (QED) is 0.903. The number of anilines is 1. The molecule has 1 aromatic rings. The van der Waals surface area contributed by atoms with Gasteiger partial charge in [0.2, 0.25) is 5.91 Å². The van der Waals surface area contributed by atoms with Crippen LogP contribution < -0.4 is 10.2 Å². The van der Waals surface area contributed by atoms with Gasteiger partial charge in [-0.3, -0.25) is 4.79 Å². The molecule has 0 bridgehead atoms. The predicted octanol–water partition coefficient (Wildman–Crippen LogP) is 3.36. The van der Waals surface area contributed by atoms with E-state index in [1.54, 1.807) is 16.7 Å². The minimum absolute atomic E-state index is 0.0393. The Hall–Kier alpha value is -2.04. The number of hydrogen-bond donors (Lipinski definition) is 1. The van der Waals surface area contributed by atoms with Gasteiger partial charge in [0.15, 0.2) is 0 Å². The highest BCUT2D eigenvalue weighted by Gasteiger charge is 2.35. The second-order valence-electron chi connectivity index (χ2n) is 7.79. The first-order chi connectivity index (χ1) is 11.1. The highest BCUT2D eigenvalue weighted by atomic mass is 16.2. The number of nitrogens with zero attached hydrogens (tertiary/aromatic N) is 2. The van der Waals surface area contributed by atoms with Crippen LogP contribution in [0.5, 0.6) is 0 Å². The highest BCUT2D eigenvalue weighted by Crippen LogP contribution is 2.23. The van der Waals surface area contributed by atoms with Gasteiger partial charge in [0.05, 0.1) is 0 Å². The Morgan fingerprint density at radius 3 is 2.25 bits per heavy atom. The number of rotatable bonds is 2. The van der Waals surface area contributed by atoms with Crippen LogP contribution in [-0.2, 0) is 4.79 Å². The van der Waals surface area contributed by atoms with Crippen LogP contribution in [0.3, 0.4) is 0 Å². The van der Waals surface area contributed by atoms with Crippen LogP contribution >= 0.6 is 0 Å². The molecule has 1 fully saturated rings. The van der Waals surface area contributed by atoms with E-state index in [-0.39, 0.29) is 17.5 Å². The fraction of sp³-hybridized carbons (Fsp3) is 0.579. The molecule has 0 unspecified atom stereocenters. The maximum absolute atomic E-state index is 12.7. The molecule has 1 atom stereocenters. The number of nitrogens with one attached hydrogen (secondary N) is 1. The first-order valence-corrected chi connectivity index (χ1v) is 8.60. The van der Waals surface area contributed by atoms with Crippen molar-refractivity contribution < 1.29 is 9.59 Å². The molecule has 132 valence electrons. The Balaban J connectivity index is 2.10. The molecular weight excluding hydrogens is 302 g/mol. The van der Waals surface area contributed by atoms with E-state index in [2.05, 4.69) is 31.3 Å². The normalized spacial score (nSPS) is 19.0. The lowest BCUT2D eigenvalue weighted by Gasteiger charge is -2.40. The predicted molar refractivity (Wildman–Crippen MR) is 97.3 cm³/mol. The van der Waals surface area contributed by atoms with E-state index in [4.69, 9.17) is 0 Å². The average molecular weight is 331 g/mol. The maximum Gasteiger partial charge on any atom is 0.318 e. The molecule has 1 N–H and O–H groups in total. The van der Waals surface area contributed by atoms with Gasteiger partial charge in [-0.25, -0.2) is 4.79 Å². The summed E-state index contributed by atoms with van der Waals surface area (Å²) in [5, 5.41) is 2.93. The van der Waals surface area contributed by atoms with E-state index in [1.807, 2.05) is 32.9 Å². The molecule has 0 saturated carbocycles. The molecule has 1 aromatic carbocycles. The summed E-state index contributed by atoms with van der Waals surface area (Å²) in [5.74, 6) is 0.425. The van der Waals surface area contributed by atoms with Crippen LogP contribution in [0.25, 0.3) is 0 Å². The Morgan fingerprint density at radius 1 is 1.17 bits per heavy atom. The number of hydrogen-bond acceptors (Lipinski definition) is 2. The number of amides is 3. The summed E-state index contributed by atoms with van der Waals surface area (Å²) in [5.41, 5.74) is 1.83. The van der Waals surface area contributed by atoms with E-state index in [0.29, 0.717) is 19.0 Å². The summed E-state index contributed by atoms with van der Waals surface area (Å²) < 4.78 is 0. The third-order valence-electron chi connectivity index (χ3n) is 4.27. The monoisotopic (exact) mass is 331 g/mol. The molecule has 1 aliphatic heterocycles. The molecule has 0 radical (unpaired) electrons. The number of carbonyl (C=O) groups is 2. The molecule has 5 heteroatoms. The van der Waals surface area contributed by atoms with Crippen molar-refractivity contribution in [3.63, 3.8) is 0 Å². The number of carbonyl (C=O) groups excluding carboxylic acids is 2. The van der Waals surface area contributed by atoms with E-state index in [0.717, 1.165) is 5.69 Å². The first-order valence-electron chi connectivity index (χ1n) is 8.60. The molecule has 2 rings (SSSR count). The molecule has 0 aliphatic carbocycles.